The van der Waals surface area contributed by atoms with Crippen LogP contribution in [0.15, 0.2) is 5.16 Å². The van der Waals surface area contributed by atoms with Crippen LogP contribution in [0.1, 0.15) is 20.3 Å². The molecule has 0 aromatic rings. The first-order valence-electron chi connectivity index (χ1n) is 4.05. The van der Waals surface area contributed by atoms with Gasteiger partial charge in [-0.1, -0.05) is 11.1 Å². The molecule has 3 heteroatoms. The average Bonchev–Trinajstić information content (AvgIpc) is 2.05. The van der Waals surface area contributed by atoms with E-state index in [2.05, 4.69) is 22.3 Å². The quantitative estimate of drug-likeness (QED) is 0.288. The van der Waals surface area contributed by atoms with Crippen molar-refractivity contribution < 1.29 is 4.84 Å². The maximum Gasteiger partial charge on any atom is 0.126 e. The fourth-order valence-corrected chi connectivity index (χ4v) is 0.660. The lowest BCUT2D eigenvalue weighted by atomic mass is 10.4. The first-order valence-corrected chi connectivity index (χ1v) is 4.05. The molecule has 0 aliphatic heterocycles. The van der Waals surface area contributed by atoms with Gasteiger partial charge in [0.1, 0.15) is 12.3 Å². The Morgan fingerprint density at radius 3 is 2.92 bits per heavy atom. The Morgan fingerprint density at radius 2 is 2.33 bits per heavy atom. The molecule has 3 nitrogen and oxygen atoms in total. The SMILES string of the molecule is CC#C/C(C)=N\OCCCNC. The predicted octanol–water partition coefficient (Wildman–Crippen LogP) is 1.01. The lowest BCUT2D eigenvalue weighted by Crippen LogP contribution is -2.09. The van der Waals surface area contributed by atoms with Crippen LogP contribution < -0.4 is 5.32 Å². The Hall–Kier alpha value is -1.01. The molecule has 0 aromatic carbocycles. The highest BCUT2D eigenvalue weighted by Gasteiger charge is 1.85. The first-order chi connectivity index (χ1) is 5.81. The molecule has 0 spiro atoms. The van der Waals surface area contributed by atoms with Gasteiger partial charge in [-0.3, -0.25) is 0 Å². The summed E-state index contributed by atoms with van der Waals surface area (Å²) in [5.41, 5.74) is 0.724. The van der Waals surface area contributed by atoms with Crippen molar-refractivity contribution in [3.8, 4) is 11.8 Å². The number of rotatable bonds is 5. The van der Waals surface area contributed by atoms with Gasteiger partial charge in [-0.05, 0) is 39.8 Å². The van der Waals surface area contributed by atoms with Gasteiger partial charge in [-0.15, -0.1) is 0 Å². The summed E-state index contributed by atoms with van der Waals surface area (Å²) >= 11 is 0. The minimum Gasteiger partial charge on any atom is -0.395 e. The minimum absolute atomic E-state index is 0.642. The second-order valence-electron chi connectivity index (χ2n) is 2.34. The van der Waals surface area contributed by atoms with E-state index in [0.717, 1.165) is 18.7 Å². The largest absolute Gasteiger partial charge is 0.395 e. The van der Waals surface area contributed by atoms with Gasteiger partial charge in [-0.25, -0.2) is 0 Å². The predicted molar refractivity (Wildman–Crippen MR) is 51.1 cm³/mol. The maximum atomic E-state index is 5.00. The van der Waals surface area contributed by atoms with Crippen LogP contribution in [0.2, 0.25) is 0 Å². The van der Waals surface area contributed by atoms with Crippen molar-refractivity contribution in [3.63, 3.8) is 0 Å². The van der Waals surface area contributed by atoms with E-state index in [9.17, 15) is 0 Å². The van der Waals surface area contributed by atoms with Crippen LogP contribution >= 0.6 is 0 Å². The Morgan fingerprint density at radius 1 is 1.58 bits per heavy atom. The summed E-state index contributed by atoms with van der Waals surface area (Å²) in [4.78, 5) is 5.00. The maximum absolute atomic E-state index is 5.00. The van der Waals surface area contributed by atoms with Crippen molar-refractivity contribution in [2.75, 3.05) is 20.2 Å². The van der Waals surface area contributed by atoms with Gasteiger partial charge < -0.3 is 10.2 Å². The normalized spacial score (nSPS) is 10.4. The molecule has 0 saturated heterocycles. The molecule has 0 unspecified atom stereocenters. The van der Waals surface area contributed by atoms with E-state index in [1.165, 1.54) is 0 Å². The summed E-state index contributed by atoms with van der Waals surface area (Å²) in [6.45, 7) is 5.20. The highest BCUT2D eigenvalue weighted by atomic mass is 16.6. The molecule has 0 aromatic heterocycles. The summed E-state index contributed by atoms with van der Waals surface area (Å²) in [6, 6.07) is 0. The molecule has 0 fully saturated rings. The molecule has 0 atom stereocenters. The second-order valence-corrected chi connectivity index (χ2v) is 2.34. The molecule has 0 aliphatic rings. The topological polar surface area (TPSA) is 33.6 Å². The molecular formula is C9H16N2O. The molecular weight excluding hydrogens is 152 g/mol. The third-order valence-electron chi connectivity index (χ3n) is 1.17. The molecule has 0 radical (unpaired) electrons. The number of nitrogens with zero attached hydrogens (tertiary/aromatic N) is 1. The zero-order valence-corrected chi connectivity index (χ0v) is 7.98. The van der Waals surface area contributed by atoms with Gasteiger partial charge in [0.2, 0.25) is 0 Å². The van der Waals surface area contributed by atoms with Crippen LogP contribution in [0.25, 0.3) is 0 Å². The molecule has 0 aliphatic carbocycles. The smallest absolute Gasteiger partial charge is 0.126 e. The van der Waals surface area contributed by atoms with Crippen LogP contribution in [0, 0.1) is 11.8 Å². The Kier molecular flexibility index (Phi) is 7.41. The molecule has 1 N–H and O–H groups in total. The van der Waals surface area contributed by atoms with Gasteiger partial charge in [-0.2, -0.15) is 0 Å². The van der Waals surface area contributed by atoms with E-state index >= 15 is 0 Å². The van der Waals surface area contributed by atoms with E-state index in [0.29, 0.717) is 6.61 Å². The van der Waals surface area contributed by atoms with E-state index in [1.54, 1.807) is 6.92 Å². The van der Waals surface area contributed by atoms with Gasteiger partial charge in [0.15, 0.2) is 0 Å². The highest BCUT2D eigenvalue weighted by Crippen LogP contribution is 1.83. The zero-order valence-electron chi connectivity index (χ0n) is 7.98. The zero-order chi connectivity index (χ0) is 9.23. The average molecular weight is 168 g/mol. The van der Waals surface area contributed by atoms with Crippen molar-refractivity contribution in [1.29, 1.82) is 0 Å². The van der Waals surface area contributed by atoms with Crippen molar-refractivity contribution in [2.24, 2.45) is 5.16 Å². The summed E-state index contributed by atoms with van der Waals surface area (Å²) in [5.74, 6) is 5.54. The van der Waals surface area contributed by atoms with Crippen molar-refractivity contribution in [2.45, 2.75) is 20.3 Å². The number of oxime groups is 1. The highest BCUT2D eigenvalue weighted by molar-refractivity contribution is 5.97. The lowest BCUT2D eigenvalue weighted by molar-refractivity contribution is 0.142. The van der Waals surface area contributed by atoms with Crippen LogP contribution in [0.5, 0.6) is 0 Å². The summed E-state index contributed by atoms with van der Waals surface area (Å²) in [7, 11) is 1.91. The Labute approximate surface area is 74.2 Å². The minimum atomic E-state index is 0.642. The number of nitrogens with one attached hydrogen (secondary N) is 1. The van der Waals surface area contributed by atoms with E-state index in [-0.39, 0.29) is 0 Å². The van der Waals surface area contributed by atoms with Crippen LogP contribution in [0.4, 0.5) is 0 Å². The second kappa shape index (κ2) is 8.09. The van der Waals surface area contributed by atoms with Crippen molar-refractivity contribution in [1.82, 2.24) is 5.32 Å². The molecule has 68 valence electrons. The van der Waals surface area contributed by atoms with Gasteiger partial charge in [0.25, 0.3) is 0 Å². The molecule has 0 bridgehead atoms. The van der Waals surface area contributed by atoms with Gasteiger partial charge in [0, 0.05) is 0 Å². The molecule has 0 rings (SSSR count). The van der Waals surface area contributed by atoms with E-state index in [4.69, 9.17) is 4.84 Å². The summed E-state index contributed by atoms with van der Waals surface area (Å²) in [5, 5.41) is 6.83. The summed E-state index contributed by atoms with van der Waals surface area (Å²) < 4.78 is 0. The van der Waals surface area contributed by atoms with Crippen molar-refractivity contribution >= 4 is 5.71 Å². The fourth-order valence-electron chi connectivity index (χ4n) is 0.660. The van der Waals surface area contributed by atoms with E-state index < -0.39 is 0 Å². The lowest BCUT2D eigenvalue weighted by Gasteiger charge is -1.98. The third kappa shape index (κ3) is 7.10. The number of hydrogen-bond donors (Lipinski definition) is 1. The van der Waals surface area contributed by atoms with E-state index in [1.807, 2.05) is 14.0 Å². The fraction of sp³-hybridized carbons (Fsp3) is 0.667. The van der Waals surface area contributed by atoms with Crippen LogP contribution in [-0.2, 0) is 4.84 Å². The molecule has 0 saturated carbocycles. The third-order valence-corrected chi connectivity index (χ3v) is 1.17. The molecule has 12 heavy (non-hydrogen) atoms. The van der Waals surface area contributed by atoms with Gasteiger partial charge >= 0.3 is 0 Å². The molecule has 0 amide bonds. The summed E-state index contributed by atoms with van der Waals surface area (Å²) in [6.07, 6.45) is 0.965. The first kappa shape index (κ1) is 11.0. The van der Waals surface area contributed by atoms with Gasteiger partial charge in [0.05, 0.1) is 0 Å². The van der Waals surface area contributed by atoms with Crippen LogP contribution in [-0.4, -0.2) is 25.9 Å². The Bertz CT molecular complexity index is 188. The van der Waals surface area contributed by atoms with Crippen molar-refractivity contribution in [3.05, 3.63) is 0 Å². The van der Waals surface area contributed by atoms with Crippen LogP contribution in [0.3, 0.4) is 0 Å². The standard InChI is InChI=1S/C9H16N2O/c1-4-6-9(2)11-12-8-5-7-10-3/h10H,5,7-8H2,1-3H3/b11-9-. The molecule has 0 heterocycles. The monoisotopic (exact) mass is 168 g/mol. The number of hydrogen-bond acceptors (Lipinski definition) is 3. The Balaban J connectivity index is 3.38.